The summed E-state index contributed by atoms with van der Waals surface area (Å²) in [5, 5.41) is 6.26. The smallest absolute Gasteiger partial charge is 0.251 e. The minimum absolute atomic E-state index is 0.0433. The highest BCUT2D eigenvalue weighted by atomic mass is 16.1. The molecule has 1 aliphatic rings. The maximum absolute atomic E-state index is 11.9. The Balaban J connectivity index is 2.04. The average molecular weight is 204 g/mol. The van der Waals surface area contributed by atoms with E-state index in [4.69, 9.17) is 0 Å². The van der Waals surface area contributed by atoms with Crippen LogP contribution in [0.1, 0.15) is 22.3 Å². The first-order chi connectivity index (χ1) is 7.27. The molecule has 1 saturated heterocycles. The third kappa shape index (κ3) is 2.36. The summed E-state index contributed by atoms with van der Waals surface area (Å²) >= 11 is 0. The third-order valence-electron chi connectivity index (χ3n) is 2.79. The quantitative estimate of drug-likeness (QED) is 0.757. The van der Waals surface area contributed by atoms with Crippen molar-refractivity contribution in [2.45, 2.75) is 19.4 Å². The van der Waals surface area contributed by atoms with Crippen LogP contribution >= 0.6 is 0 Å². The van der Waals surface area contributed by atoms with Gasteiger partial charge in [0.1, 0.15) is 0 Å². The summed E-state index contributed by atoms with van der Waals surface area (Å²) in [5.74, 6) is 0.0433. The van der Waals surface area contributed by atoms with Gasteiger partial charge >= 0.3 is 0 Å². The molecule has 1 aromatic rings. The number of amides is 1. The van der Waals surface area contributed by atoms with Gasteiger partial charge in [0.15, 0.2) is 0 Å². The van der Waals surface area contributed by atoms with Crippen LogP contribution in [0.5, 0.6) is 0 Å². The number of carbonyl (C=O) groups is 1. The highest BCUT2D eigenvalue weighted by Gasteiger charge is 2.17. The second-order valence-electron chi connectivity index (χ2n) is 3.98. The molecule has 80 valence electrons. The lowest BCUT2D eigenvalue weighted by Crippen LogP contribution is -2.36. The van der Waals surface area contributed by atoms with E-state index in [0.717, 1.165) is 30.6 Å². The van der Waals surface area contributed by atoms with Crippen molar-refractivity contribution < 1.29 is 4.79 Å². The lowest BCUT2D eigenvalue weighted by atomic mass is 10.1. The molecule has 15 heavy (non-hydrogen) atoms. The van der Waals surface area contributed by atoms with Gasteiger partial charge in [0.25, 0.3) is 5.91 Å². The third-order valence-corrected chi connectivity index (χ3v) is 2.79. The van der Waals surface area contributed by atoms with Crippen molar-refractivity contribution in [1.29, 1.82) is 0 Å². The second kappa shape index (κ2) is 4.45. The van der Waals surface area contributed by atoms with E-state index in [1.807, 2.05) is 31.2 Å². The van der Waals surface area contributed by atoms with Crippen molar-refractivity contribution >= 4 is 5.91 Å². The van der Waals surface area contributed by atoms with E-state index in [2.05, 4.69) is 10.6 Å². The van der Waals surface area contributed by atoms with Crippen LogP contribution in [0, 0.1) is 6.92 Å². The number of benzene rings is 1. The Hall–Kier alpha value is -1.35. The Labute approximate surface area is 89.9 Å². The van der Waals surface area contributed by atoms with E-state index in [1.54, 1.807) is 0 Å². The predicted molar refractivity (Wildman–Crippen MR) is 59.9 cm³/mol. The molecule has 0 radical (unpaired) electrons. The first-order valence-corrected chi connectivity index (χ1v) is 5.34. The van der Waals surface area contributed by atoms with Gasteiger partial charge in [-0.3, -0.25) is 4.79 Å². The van der Waals surface area contributed by atoms with Crippen LogP contribution in [0.25, 0.3) is 0 Å². The van der Waals surface area contributed by atoms with Gasteiger partial charge in [-0.25, -0.2) is 0 Å². The maximum Gasteiger partial charge on any atom is 0.251 e. The van der Waals surface area contributed by atoms with E-state index >= 15 is 0 Å². The SMILES string of the molecule is Cc1ccccc1C(=O)N[C@H]1CCNC1. The summed E-state index contributed by atoms with van der Waals surface area (Å²) in [6, 6.07) is 7.96. The van der Waals surface area contributed by atoms with Crippen molar-refractivity contribution in [3.63, 3.8) is 0 Å². The van der Waals surface area contributed by atoms with Gasteiger partial charge in [0, 0.05) is 18.2 Å². The monoisotopic (exact) mass is 204 g/mol. The molecule has 0 bridgehead atoms. The summed E-state index contributed by atoms with van der Waals surface area (Å²) < 4.78 is 0. The minimum atomic E-state index is 0.0433. The number of rotatable bonds is 2. The minimum Gasteiger partial charge on any atom is -0.348 e. The summed E-state index contributed by atoms with van der Waals surface area (Å²) in [4.78, 5) is 11.9. The van der Waals surface area contributed by atoms with Crippen LogP contribution in [0.4, 0.5) is 0 Å². The second-order valence-corrected chi connectivity index (χ2v) is 3.98. The van der Waals surface area contributed by atoms with Gasteiger partial charge in [-0.15, -0.1) is 0 Å². The Morgan fingerprint density at radius 1 is 1.47 bits per heavy atom. The Kier molecular flexibility index (Phi) is 3.02. The first-order valence-electron chi connectivity index (χ1n) is 5.34. The molecule has 1 aromatic carbocycles. The summed E-state index contributed by atoms with van der Waals surface area (Å²) in [6.07, 6.45) is 1.03. The molecule has 1 amide bonds. The molecule has 0 aromatic heterocycles. The van der Waals surface area contributed by atoms with Crippen LogP contribution in [0.3, 0.4) is 0 Å². The normalized spacial score (nSPS) is 20.2. The maximum atomic E-state index is 11.9. The van der Waals surface area contributed by atoms with E-state index < -0.39 is 0 Å². The van der Waals surface area contributed by atoms with Crippen LogP contribution in [0.15, 0.2) is 24.3 Å². The van der Waals surface area contributed by atoms with Gasteiger partial charge in [0.2, 0.25) is 0 Å². The zero-order chi connectivity index (χ0) is 10.7. The predicted octanol–water partition coefficient (Wildman–Crippen LogP) is 1.09. The molecule has 1 fully saturated rings. The van der Waals surface area contributed by atoms with Crippen LogP contribution in [-0.2, 0) is 0 Å². The zero-order valence-corrected chi connectivity index (χ0v) is 8.92. The molecular weight excluding hydrogens is 188 g/mol. The molecule has 2 rings (SSSR count). The highest BCUT2D eigenvalue weighted by Crippen LogP contribution is 2.08. The highest BCUT2D eigenvalue weighted by molar-refractivity contribution is 5.95. The Bertz CT molecular complexity index is 356. The topological polar surface area (TPSA) is 41.1 Å². The van der Waals surface area contributed by atoms with Crippen LogP contribution < -0.4 is 10.6 Å². The Morgan fingerprint density at radius 3 is 2.93 bits per heavy atom. The fraction of sp³-hybridized carbons (Fsp3) is 0.417. The molecule has 1 atom stereocenters. The average Bonchev–Trinajstić information content (AvgIpc) is 2.71. The molecule has 1 aliphatic heterocycles. The molecule has 3 nitrogen and oxygen atoms in total. The number of nitrogens with one attached hydrogen (secondary N) is 2. The van der Waals surface area contributed by atoms with Gasteiger partial charge < -0.3 is 10.6 Å². The molecule has 0 unspecified atom stereocenters. The summed E-state index contributed by atoms with van der Waals surface area (Å²) in [7, 11) is 0. The zero-order valence-electron chi connectivity index (χ0n) is 8.92. The van der Waals surface area contributed by atoms with Crippen molar-refractivity contribution in [2.24, 2.45) is 0 Å². The number of hydrogen-bond donors (Lipinski definition) is 2. The number of hydrogen-bond acceptors (Lipinski definition) is 2. The van der Waals surface area contributed by atoms with Crippen molar-refractivity contribution in [1.82, 2.24) is 10.6 Å². The van der Waals surface area contributed by atoms with Crippen molar-refractivity contribution in [2.75, 3.05) is 13.1 Å². The summed E-state index contributed by atoms with van der Waals surface area (Å²) in [5.41, 5.74) is 1.81. The lowest BCUT2D eigenvalue weighted by molar-refractivity contribution is 0.0939. The molecule has 2 N–H and O–H groups in total. The van der Waals surface area contributed by atoms with Crippen molar-refractivity contribution in [3.05, 3.63) is 35.4 Å². The van der Waals surface area contributed by atoms with Crippen LogP contribution in [-0.4, -0.2) is 25.0 Å². The standard InChI is InChI=1S/C12H16N2O/c1-9-4-2-3-5-11(9)12(15)14-10-6-7-13-8-10/h2-5,10,13H,6-8H2,1H3,(H,14,15)/t10-/m0/s1. The van der Waals surface area contributed by atoms with Gasteiger partial charge in [-0.2, -0.15) is 0 Å². The fourth-order valence-corrected chi connectivity index (χ4v) is 1.87. The molecule has 0 spiro atoms. The molecule has 1 heterocycles. The van der Waals surface area contributed by atoms with Crippen LogP contribution in [0.2, 0.25) is 0 Å². The largest absolute Gasteiger partial charge is 0.348 e. The van der Waals surface area contributed by atoms with Gasteiger partial charge in [0.05, 0.1) is 0 Å². The molecule has 0 aliphatic carbocycles. The fourth-order valence-electron chi connectivity index (χ4n) is 1.87. The van der Waals surface area contributed by atoms with E-state index in [1.165, 1.54) is 0 Å². The van der Waals surface area contributed by atoms with Gasteiger partial charge in [-0.1, -0.05) is 18.2 Å². The van der Waals surface area contributed by atoms with E-state index in [0.29, 0.717) is 0 Å². The summed E-state index contributed by atoms with van der Waals surface area (Å²) in [6.45, 7) is 3.85. The van der Waals surface area contributed by atoms with Gasteiger partial charge in [-0.05, 0) is 31.5 Å². The number of aryl methyl sites for hydroxylation is 1. The van der Waals surface area contributed by atoms with Crippen molar-refractivity contribution in [3.8, 4) is 0 Å². The van der Waals surface area contributed by atoms with E-state index in [-0.39, 0.29) is 11.9 Å². The molecular formula is C12H16N2O. The molecule has 0 saturated carbocycles. The first kappa shape index (κ1) is 10.2. The molecule has 3 heteroatoms. The number of carbonyl (C=O) groups excluding carboxylic acids is 1. The van der Waals surface area contributed by atoms with E-state index in [9.17, 15) is 4.79 Å². The lowest BCUT2D eigenvalue weighted by Gasteiger charge is -2.12. The Morgan fingerprint density at radius 2 is 2.27 bits per heavy atom.